The van der Waals surface area contributed by atoms with E-state index in [1.807, 2.05) is 0 Å². The van der Waals surface area contributed by atoms with Crippen LogP contribution < -0.4 is 0 Å². The van der Waals surface area contributed by atoms with Crippen molar-refractivity contribution in [2.45, 2.75) is 45.9 Å². The van der Waals surface area contributed by atoms with Gasteiger partial charge in [0.05, 0.1) is 12.2 Å². The van der Waals surface area contributed by atoms with Gasteiger partial charge >= 0.3 is 0 Å². The zero-order chi connectivity index (χ0) is 13.1. The van der Waals surface area contributed by atoms with E-state index in [9.17, 15) is 0 Å². The maximum atomic E-state index is 5.64. The molecule has 0 saturated carbocycles. The molecule has 0 aromatic rings. The first-order valence-corrected chi connectivity index (χ1v) is 8.47. The topological polar surface area (TPSA) is 18.5 Å². The summed E-state index contributed by atoms with van der Waals surface area (Å²) in [7, 11) is 0.859. The van der Waals surface area contributed by atoms with Crippen molar-refractivity contribution >= 4 is 25.3 Å². The molecular formula is C13H23O2Si2. The molecule has 0 N–H and O–H groups in total. The second kappa shape index (κ2) is 10.7. The maximum Gasteiger partial charge on any atom is 0.273 e. The highest BCUT2D eigenvalue weighted by molar-refractivity contribution is 6.33. The fraction of sp³-hybridized carbons (Fsp3) is 0.615. The molecule has 0 amide bonds. The monoisotopic (exact) mass is 267 g/mol. The molecule has 2 nitrogen and oxygen atoms in total. The summed E-state index contributed by atoms with van der Waals surface area (Å²) < 4.78 is 11.0. The molecule has 0 aromatic heterocycles. The smallest absolute Gasteiger partial charge is 0.273 e. The third-order valence-corrected chi connectivity index (χ3v) is 3.29. The van der Waals surface area contributed by atoms with E-state index in [4.69, 9.17) is 8.85 Å². The van der Waals surface area contributed by atoms with Crippen LogP contribution in [-0.4, -0.2) is 37.5 Å². The van der Waals surface area contributed by atoms with E-state index in [-0.39, 0.29) is 12.2 Å². The summed E-state index contributed by atoms with van der Waals surface area (Å²) in [6.07, 6.45) is 13.4. The summed E-state index contributed by atoms with van der Waals surface area (Å²) in [5.74, 6) is 0.515. The molecule has 0 rings (SSSR count). The first-order chi connectivity index (χ1) is 8.11. The van der Waals surface area contributed by atoms with Crippen LogP contribution in [0.4, 0.5) is 0 Å². The molecule has 2 atom stereocenters. The Morgan fingerprint density at radius 3 is 2.41 bits per heavy atom. The molecule has 0 saturated heterocycles. The molecule has 0 aromatic carbocycles. The first-order valence-electron chi connectivity index (χ1n) is 5.95. The van der Waals surface area contributed by atoms with E-state index in [0.717, 1.165) is 6.42 Å². The molecule has 0 bridgehead atoms. The fourth-order valence-corrected chi connectivity index (χ4v) is 2.25. The summed E-state index contributed by atoms with van der Waals surface area (Å²) in [4.78, 5) is 0. The Balaban J connectivity index is 3.97. The number of hydrogen-bond acceptors (Lipinski definition) is 2. The van der Waals surface area contributed by atoms with Gasteiger partial charge in [-0.05, 0) is 19.4 Å². The Morgan fingerprint density at radius 2 is 1.88 bits per heavy atom. The van der Waals surface area contributed by atoms with Crippen LogP contribution in [0.3, 0.4) is 0 Å². The molecule has 17 heavy (non-hydrogen) atoms. The Kier molecular flexibility index (Phi) is 10.4. The van der Waals surface area contributed by atoms with E-state index < -0.39 is 0 Å². The highest BCUT2D eigenvalue weighted by Gasteiger charge is 2.07. The standard InChI is InChI=1S/C13H23O2Si2/c1-11(2)13(15-17-5)10-8-6-7-9-12(3)14-16-4/h6-8,10-13H,4,9H2,1-3,5H3/b7-6+,10-8+. The number of rotatable bonds is 9. The predicted octanol–water partition coefficient (Wildman–Crippen LogP) is 2.65. The molecule has 4 heteroatoms. The van der Waals surface area contributed by atoms with Crippen LogP contribution >= 0.6 is 0 Å². The van der Waals surface area contributed by atoms with Crippen LogP contribution in [0.5, 0.6) is 0 Å². The van der Waals surface area contributed by atoms with Crippen molar-refractivity contribution in [3.8, 4) is 0 Å². The molecule has 2 unspecified atom stereocenters. The predicted molar refractivity (Wildman–Crippen MR) is 77.6 cm³/mol. The van der Waals surface area contributed by atoms with Gasteiger partial charge in [-0.2, -0.15) is 0 Å². The average Bonchev–Trinajstić information content (AvgIpc) is 2.27. The van der Waals surface area contributed by atoms with Crippen molar-refractivity contribution in [3.05, 3.63) is 24.3 Å². The van der Waals surface area contributed by atoms with Crippen molar-refractivity contribution in [2.75, 3.05) is 0 Å². The molecule has 0 aliphatic rings. The van der Waals surface area contributed by atoms with E-state index in [1.54, 1.807) is 0 Å². The van der Waals surface area contributed by atoms with Crippen molar-refractivity contribution in [3.63, 3.8) is 0 Å². The highest BCUT2D eigenvalue weighted by Crippen LogP contribution is 2.07. The Bertz CT molecular complexity index is 250. The van der Waals surface area contributed by atoms with Crippen molar-refractivity contribution in [2.24, 2.45) is 5.92 Å². The van der Waals surface area contributed by atoms with Gasteiger partial charge in [0.1, 0.15) is 0 Å². The second-order valence-electron chi connectivity index (χ2n) is 4.15. The minimum absolute atomic E-state index is 0.220. The summed E-state index contributed by atoms with van der Waals surface area (Å²) in [5.41, 5.74) is 0. The van der Waals surface area contributed by atoms with Crippen molar-refractivity contribution in [1.29, 1.82) is 0 Å². The largest absolute Gasteiger partial charge is 0.546 e. The molecule has 0 aliphatic heterocycles. The molecule has 95 valence electrons. The Labute approximate surface area is 111 Å². The zero-order valence-electron chi connectivity index (χ0n) is 11.3. The summed E-state index contributed by atoms with van der Waals surface area (Å²) in [6.45, 7) is 8.45. The lowest BCUT2D eigenvalue weighted by Gasteiger charge is -2.16. The fourth-order valence-electron chi connectivity index (χ4n) is 1.25. The lowest BCUT2D eigenvalue weighted by atomic mass is 10.1. The van der Waals surface area contributed by atoms with Gasteiger partial charge in [-0.1, -0.05) is 44.3 Å². The van der Waals surface area contributed by atoms with Gasteiger partial charge < -0.3 is 8.85 Å². The molecule has 0 heterocycles. The summed E-state index contributed by atoms with van der Waals surface area (Å²) in [5, 5.41) is 0. The molecule has 0 spiro atoms. The molecule has 3 radical (unpaired) electrons. The van der Waals surface area contributed by atoms with Crippen LogP contribution in [0.1, 0.15) is 27.2 Å². The van der Waals surface area contributed by atoms with Gasteiger partial charge in [0.2, 0.25) is 9.76 Å². The first kappa shape index (κ1) is 16.5. The zero-order valence-corrected chi connectivity index (χ0v) is 13.3. The van der Waals surface area contributed by atoms with Gasteiger partial charge in [0.15, 0.2) is 0 Å². The van der Waals surface area contributed by atoms with Gasteiger partial charge in [0.25, 0.3) is 9.38 Å². The minimum atomic E-state index is 0.220. The van der Waals surface area contributed by atoms with Crippen LogP contribution in [0.2, 0.25) is 6.55 Å². The lowest BCUT2D eigenvalue weighted by molar-refractivity contribution is 0.209. The van der Waals surface area contributed by atoms with Crippen molar-refractivity contribution in [1.82, 2.24) is 0 Å². The van der Waals surface area contributed by atoms with Crippen molar-refractivity contribution < 1.29 is 8.85 Å². The third-order valence-electron chi connectivity index (χ3n) is 2.21. The van der Waals surface area contributed by atoms with E-state index in [0.29, 0.717) is 25.1 Å². The van der Waals surface area contributed by atoms with Crippen LogP contribution in [-0.2, 0) is 8.85 Å². The Hall–Kier alpha value is -0.456. The van der Waals surface area contributed by atoms with Crippen LogP contribution in [0.25, 0.3) is 0 Å². The minimum Gasteiger partial charge on any atom is -0.546 e. The highest BCUT2D eigenvalue weighted by atomic mass is 28.2. The summed E-state index contributed by atoms with van der Waals surface area (Å²) in [6, 6.07) is 0. The van der Waals surface area contributed by atoms with Crippen LogP contribution in [0.15, 0.2) is 24.3 Å². The van der Waals surface area contributed by atoms with Gasteiger partial charge in [-0.15, -0.1) is 0 Å². The second-order valence-corrected chi connectivity index (χ2v) is 5.32. The molecule has 0 fully saturated rings. The Morgan fingerprint density at radius 1 is 1.18 bits per heavy atom. The maximum absolute atomic E-state index is 5.64. The molecular weight excluding hydrogens is 244 g/mol. The van der Waals surface area contributed by atoms with Crippen LogP contribution in [0, 0.1) is 5.92 Å². The van der Waals surface area contributed by atoms with E-state index in [1.165, 1.54) is 0 Å². The SMILES string of the molecule is C=[Si]OC(C)C/C=C/C=C/C(O[Si]C)C(C)C. The van der Waals surface area contributed by atoms with Gasteiger partial charge in [-0.25, -0.2) is 0 Å². The third kappa shape index (κ3) is 9.26. The van der Waals surface area contributed by atoms with E-state index >= 15 is 0 Å². The van der Waals surface area contributed by atoms with Gasteiger partial charge in [0, 0.05) is 6.42 Å². The molecule has 0 aliphatic carbocycles. The number of hydrogen-bond donors (Lipinski definition) is 0. The lowest BCUT2D eigenvalue weighted by Crippen LogP contribution is -2.17. The normalized spacial score (nSPS) is 15.6. The summed E-state index contributed by atoms with van der Waals surface area (Å²) >= 11 is 0. The van der Waals surface area contributed by atoms with E-state index in [2.05, 4.69) is 57.8 Å². The number of allylic oxidation sites excluding steroid dienone is 2. The average molecular weight is 267 g/mol. The van der Waals surface area contributed by atoms with Gasteiger partial charge in [-0.3, -0.25) is 0 Å². The quantitative estimate of drug-likeness (QED) is 0.472.